The lowest BCUT2D eigenvalue weighted by molar-refractivity contribution is 0.590. The van der Waals surface area contributed by atoms with E-state index in [0.29, 0.717) is 4.90 Å². The largest absolute Gasteiger partial charge is 0.219 e. The summed E-state index contributed by atoms with van der Waals surface area (Å²) in [6.45, 7) is 6.46. The molecule has 0 unspecified atom stereocenters. The van der Waals surface area contributed by atoms with Gasteiger partial charge in [-0.25, -0.2) is 8.42 Å². The van der Waals surface area contributed by atoms with E-state index >= 15 is 0 Å². The zero-order valence-corrected chi connectivity index (χ0v) is 15.9. The fraction of sp³-hybridized carbons (Fsp3) is 0.222. The Morgan fingerprint density at radius 2 is 1.45 bits per heavy atom. The average Bonchev–Trinajstić information content (AvgIpc) is 2.45. The van der Waals surface area contributed by atoms with Crippen LogP contribution in [0.5, 0.6) is 0 Å². The van der Waals surface area contributed by atoms with Crippen LogP contribution in [0.2, 0.25) is 0 Å². The molecule has 0 aromatic heterocycles. The summed E-state index contributed by atoms with van der Waals surface area (Å²) in [4.78, 5) is 0.315. The summed E-state index contributed by atoms with van der Waals surface area (Å²) in [5, 5.41) is 1.27. The summed E-state index contributed by atoms with van der Waals surface area (Å²) >= 11 is 2.15. The molecule has 0 bridgehead atoms. The van der Waals surface area contributed by atoms with Gasteiger partial charge in [-0.15, -0.1) is 0 Å². The second kappa shape index (κ2) is 6.54. The lowest BCUT2D eigenvalue weighted by Crippen LogP contribution is -2.10. The van der Waals surface area contributed by atoms with Crippen molar-refractivity contribution in [3.8, 4) is 0 Å². The summed E-state index contributed by atoms with van der Waals surface area (Å²) in [6.07, 6.45) is 1.64. The molecule has 0 aliphatic heterocycles. The molecule has 2 nitrogen and oxygen atoms in total. The molecular formula is C18H19IO2S. The molecule has 0 aliphatic carbocycles. The number of rotatable bonds is 3. The Morgan fingerprint density at radius 3 is 1.95 bits per heavy atom. The Bertz CT molecular complexity index is 765. The minimum Gasteiger partial charge on any atom is -0.219 e. The molecular weight excluding hydrogens is 407 g/mol. The van der Waals surface area contributed by atoms with Crippen LogP contribution in [0.1, 0.15) is 31.9 Å². The van der Waals surface area contributed by atoms with E-state index < -0.39 is 9.84 Å². The van der Waals surface area contributed by atoms with Crippen molar-refractivity contribution in [2.45, 2.75) is 31.1 Å². The summed E-state index contributed by atoms with van der Waals surface area (Å²) in [6, 6.07) is 14.8. The highest BCUT2D eigenvalue weighted by Crippen LogP contribution is 2.23. The molecule has 116 valence electrons. The van der Waals surface area contributed by atoms with E-state index in [1.807, 2.05) is 24.3 Å². The van der Waals surface area contributed by atoms with E-state index in [-0.39, 0.29) is 5.41 Å². The van der Waals surface area contributed by atoms with Crippen LogP contribution in [0.3, 0.4) is 0 Å². The Kier molecular flexibility index (Phi) is 5.12. The van der Waals surface area contributed by atoms with Crippen LogP contribution in [-0.4, -0.2) is 8.42 Å². The van der Waals surface area contributed by atoms with Gasteiger partial charge in [0.05, 0.1) is 4.90 Å². The van der Waals surface area contributed by atoms with Crippen molar-refractivity contribution in [2.24, 2.45) is 0 Å². The second-order valence-electron chi connectivity index (χ2n) is 6.17. The topological polar surface area (TPSA) is 34.1 Å². The quantitative estimate of drug-likeness (QED) is 0.645. The molecule has 0 saturated carbocycles. The SMILES string of the molecule is CC(C)(C)c1ccc(C=CS(=O)(=O)c2ccc(I)cc2)cc1. The molecule has 0 amide bonds. The molecule has 2 rings (SSSR count). The molecule has 0 aliphatic rings. The van der Waals surface area contributed by atoms with Crippen molar-refractivity contribution in [1.82, 2.24) is 0 Å². The van der Waals surface area contributed by atoms with E-state index in [1.165, 1.54) is 11.0 Å². The molecule has 0 radical (unpaired) electrons. The van der Waals surface area contributed by atoms with Crippen LogP contribution in [0.4, 0.5) is 0 Å². The standard InChI is InChI=1S/C18H19IO2S/c1-18(2,3)15-6-4-14(5-7-15)12-13-22(20,21)17-10-8-16(19)9-11-17/h4-13H,1-3H3. The molecule has 0 N–H and O–H groups in total. The summed E-state index contributed by atoms with van der Waals surface area (Å²) in [5.41, 5.74) is 2.20. The first-order valence-electron chi connectivity index (χ1n) is 6.98. The zero-order chi connectivity index (χ0) is 16.4. The number of halogens is 1. The van der Waals surface area contributed by atoms with Gasteiger partial charge in [-0.1, -0.05) is 45.0 Å². The van der Waals surface area contributed by atoms with Gasteiger partial charge in [0.1, 0.15) is 0 Å². The first-order valence-corrected chi connectivity index (χ1v) is 9.60. The highest BCUT2D eigenvalue weighted by atomic mass is 127. The highest BCUT2D eigenvalue weighted by Gasteiger charge is 2.13. The van der Waals surface area contributed by atoms with Gasteiger partial charge < -0.3 is 0 Å². The maximum Gasteiger partial charge on any atom is 0.199 e. The fourth-order valence-electron chi connectivity index (χ4n) is 1.97. The van der Waals surface area contributed by atoms with Crippen molar-refractivity contribution in [2.75, 3.05) is 0 Å². The van der Waals surface area contributed by atoms with Gasteiger partial charge in [-0.3, -0.25) is 0 Å². The van der Waals surface area contributed by atoms with E-state index in [9.17, 15) is 8.42 Å². The van der Waals surface area contributed by atoms with Crippen LogP contribution in [0, 0.1) is 3.57 Å². The van der Waals surface area contributed by atoms with Crippen LogP contribution in [0.25, 0.3) is 6.08 Å². The number of hydrogen-bond donors (Lipinski definition) is 0. The maximum atomic E-state index is 12.3. The Labute approximate surface area is 146 Å². The lowest BCUT2D eigenvalue weighted by Gasteiger charge is -2.18. The van der Waals surface area contributed by atoms with Gasteiger partial charge in [-0.2, -0.15) is 0 Å². The molecule has 0 atom stereocenters. The summed E-state index contributed by atoms with van der Waals surface area (Å²) in [7, 11) is -3.40. The van der Waals surface area contributed by atoms with Gasteiger partial charge in [0.25, 0.3) is 0 Å². The lowest BCUT2D eigenvalue weighted by atomic mass is 9.87. The van der Waals surface area contributed by atoms with Gasteiger partial charge in [0.15, 0.2) is 9.84 Å². The number of benzene rings is 2. The smallest absolute Gasteiger partial charge is 0.199 e. The van der Waals surface area contributed by atoms with E-state index in [1.54, 1.807) is 30.3 Å². The first-order chi connectivity index (χ1) is 10.2. The second-order valence-corrected chi connectivity index (χ2v) is 9.25. The summed E-state index contributed by atoms with van der Waals surface area (Å²) in [5.74, 6) is 0. The molecule has 22 heavy (non-hydrogen) atoms. The maximum absolute atomic E-state index is 12.3. The third-order valence-corrected chi connectivity index (χ3v) is 5.50. The molecule has 4 heteroatoms. The third-order valence-electron chi connectivity index (χ3n) is 3.36. The van der Waals surface area contributed by atoms with Gasteiger partial charge in [-0.05, 0) is 69.5 Å². The van der Waals surface area contributed by atoms with E-state index in [4.69, 9.17) is 0 Å². The van der Waals surface area contributed by atoms with Crippen LogP contribution >= 0.6 is 22.6 Å². The Hall–Kier alpha value is -1.14. The predicted octanol–water partition coefficient (Wildman–Crippen LogP) is 5.03. The van der Waals surface area contributed by atoms with Crippen molar-refractivity contribution in [3.05, 3.63) is 68.6 Å². The monoisotopic (exact) mass is 426 g/mol. The predicted molar refractivity (Wildman–Crippen MR) is 101 cm³/mol. The van der Waals surface area contributed by atoms with Crippen molar-refractivity contribution < 1.29 is 8.42 Å². The van der Waals surface area contributed by atoms with Crippen LogP contribution < -0.4 is 0 Å². The minimum atomic E-state index is -3.40. The Morgan fingerprint density at radius 1 is 0.909 bits per heavy atom. The van der Waals surface area contributed by atoms with E-state index in [2.05, 4.69) is 43.4 Å². The van der Waals surface area contributed by atoms with Gasteiger partial charge in [0, 0.05) is 8.98 Å². The summed E-state index contributed by atoms with van der Waals surface area (Å²) < 4.78 is 25.5. The van der Waals surface area contributed by atoms with Crippen LogP contribution in [-0.2, 0) is 15.3 Å². The Balaban J connectivity index is 2.22. The number of hydrogen-bond acceptors (Lipinski definition) is 2. The van der Waals surface area contributed by atoms with Crippen molar-refractivity contribution in [1.29, 1.82) is 0 Å². The van der Waals surface area contributed by atoms with Gasteiger partial charge in [0.2, 0.25) is 0 Å². The van der Waals surface area contributed by atoms with Gasteiger partial charge >= 0.3 is 0 Å². The third kappa shape index (κ3) is 4.43. The molecule has 2 aromatic rings. The molecule has 0 saturated heterocycles. The highest BCUT2D eigenvalue weighted by molar-refractivity contribution is 14.1. The first kappa shape index (κ1) is 17.2. The van der Waals surface area contributed by atoms with Crippen LogP contribution in [0.15, 0.2) is 58.8 Å². The normalized spacial score (nSPS) is 12.7. The molecule has 0 spiro atoms. The minimum absolute atomic E-state index is 0.0928. The molecule has 0 heterocycles. The average molecular weight is 426 g/mol. The molecule has 0 fully saturated rings. The fourth-order valence-corrected chi connectivity index (χ4v) is 3.33. The number of sulfone groups is 1. The molecule has 2 aromatic carbocycles. The zero-order valence-electron chi connectivity index (χ0n) is 12.9. The van der Waals surface area contributed by atoms with Crippen molar-refractivity contribution >= 4 is 38.5 Å². The van der Waals surface area contributed by atoms with E-state index in [0.717, 1.165) is 9.13 Å². The van der Waals surface area contributed by atoms with Crippen molar-refractivity contribution in [3.63, 3.8) is 0 Å².